The summed E-state index contributed by atoms with van der Waals surface area (Å²) in [4.78, 5) is 12.3. The Hall–Kier alpha value is -1.02. The first-order valence-corrected chi connectivity index (χ1v) is 8.78. The molecule has 0 heterocycles. The van der Waals surface area contributed by atoms with E-state index in [1.165, 1.54) is 12.8 Å². The van der Waals surface area contributed by atoms with Crippen LogP contribution in [-0.2, 0) is 4.79 Å². The highest BCUT2D eigenvalue weighted by atomic mass is 32.2. The van der Waals surface area contributed by atoms with Crippen LogP contribution in [0.2, 0.25) is 0 Å². The summed E-state index contributed by atoms with van der Waals surface area (Å²) in [6, 6.07) is 10.0. The van der Waals surface area contributed by atoms with E-state index in [9.17, 15) is 4.79 Å². The standard InChI is InChI=1S/C18H26OS/c1-3-5-7-12-17(15-20-4-2)18(19)14-13-16-10-8-6-9-11-16/h6,8-11,13-14,17H,3-5,7,12,15H2,1-2H3. The van der Waals surface area contributed by atoms with E-state index in [1.807, 2.05) is 48.2 Å². The van der Waals surface area contributed by atoms with Crippen molar-refractivity contribution in [2.45, 2.75) is 39.5 Å². The molecule has 20 heavy (non-hydrogen) atoms. The fourth-order valence-corrected chi connectivity index (χ4v) is 2.94. The van der Waals surface area contributed by atoms with E-state index in [4.69, 9.17) is 0 Å². The molecule has 0 N–H and O–H groups in total. The number of rotatable bonds is 10. The lowest BCUT2D eigenvalue weighted by molar-refractivity contribution is -0.117. The fourth-order valence-electron chi connectivity index (χ4n) is 2.09. The van der Waals surface area contributed by atoms with Crippen molar-refractivity contribution in [2.75, 3.05) is 11.5 Å². The third-order valence-corrected chi connectivity index (χ3v) is 4.37. The fraction of sp³-hybridized carbons (Fsp3) is 0.500. The van der Waals surface area contributed by atoms with Gasteiger partial charge in [-0.05, 0) is 23.8 Å². The Morgan fingerprint density at radius 3 is 2.60 bits per heavy atom. The van der Waals surface area contributed by atoms with E-state index in [-0.39, 0.29) is 11.7 Å². The van der Waals surface area contributed by atoms with Crippen molar-refractivity contribution < 1.29 is 4.79 Å². The number of hydrogen-bond donors (Lipinski definition) is 0. The van der Waals surface area contributed by atoms with Gasteiger partial charge in [0.2, 0.25) is 0 Å². The molecule has 0 bridgehead atoms. The molecule has 0 saturated carbocycles. The first-order chi connectivity index (χ1) is 9.77. The Bertz CT molecular complexity index is 397. The van der Waals surface area contributed by atoms with Crippen LogP contribution in [0, 0.1) is 5.92 Å². The average Bonchev–Trinajstić information content (AvgIpc) is 2.49. The number of ketones is 1. The Labute approximate surface area is 127 Å². The van der Waals surface area contributed by atoms with E-state index >= 15 is 0 Å². The van der Waals surface area contributed by atoms with Crippen LogP contribution in [0.3, 0.4) is 0 Å². The van der Waals surface area contributed by atoms with Gasteiger partial charge in [0.05, 0.1) is 0 Å². The normalized spacial score (nSPS) is 12.7. The molecule has 0 saturated heterocycles. The zero-order chi connectivity index (χ0) is 14.6. The van der Waals surface area contributed by atoms with Crippen molar-refractivity contribution in [2.24, 2.45) is 5.92 Å². The number of hydrogen-bond acceptors (Lipinski definition) is 2. The molecule has 0 aliphatic carbocycles. The minimum atomic E-state index is 0.187. The molecule has 1 aromatic rings. The van der Waals surface area contributed by atoms with Gasteiger partial charge in [-0.25, -0.2) is 0 Å². The highest BCUT2D eigenvalue weighted by molar-refractivity contribution is 7.99. The molecular formula is C18H26OS. The molecular weight excluding hydrogens is 264 g/mol. The number of carbonyl (C=O) groups excluding carboxylic acids is 1. The van der Waals surface area contributed by atoms with Crippen LogP contribution in [0.5, 0.6) is 0 Å². The van der Waals surface area contributed by atoms with Gasteiger partial charge in [0.1, 0.15) is 0 Å². The van der Waals surface area contributed by atoms with Crippen molar-refractivity contribution in [3.63, 3.8) is 0 Å². The van der Waals surface area contributed by atoms with Gasteiger partial charge in [0, 0.05) is 11.7 Å². The number of benzene rings is 1. The van der Waals surface area contributed by atoms with Gasteiger partial charge in [0.15, 0.2) is 5.78 Å². The Morgan fingerprint density at radius 1 is 1.20 bits per heavy atom. The number of thioether (sulfide) groups is 1. The second kappa shape index (κ2) is 10.7. The Kier molecular flexibility index (Phi) is 9.14. The second-order valence-corrected chi connectivity index (χ2v) is 6.32. The van der Waals surface area contributed by atoms with Gasteiger partial charge in [-0.3, -0.25) is 4.79 Å². The molecule has 0 fully saturated rings. The van der Waals surface area contributed by atoms with E-state index < -0.39 is 0 Å². The zero-order valence-electron chi connectivity index (χ0n) is 12.7. The van der Waals surface area contributed by atoms with Crippen molar-refractivity contribution in [3.05, 3.63) is 42.0 Å². The second-order valence-electron chi connectivity index (χ2n) is 5.00. The SMILES string of the molecule is CCCCCC(CSCC)C(=O)C=Cc1ccccc1. The van der Waals surface area contributed by atoms with Crippen LogP contribution >= 0.6 is 11.8 Å². The summed E-state index contributed by atoms with van der Waals surface area (Å²) in [7, 11) is 0. The van der Waals surface area contributed by atoms with E-state index in [1.54, 1.807) is 6.08 Å². The van der Waals surface area contributed by atoms with Crippen LogP contribution in [0.25, 0.3) is 6.08 Å². The molecule has 0 amide bonds. The molecule has 1 atom stereocenters. The maximum absolute atomic E-state index is 12.3. The van der Waals surface area contributed by atoms with Gasteiger partial charge < -0.3 is 0 Å². The summed E-state index contributed by atoms with van der Waals surface area (Å²) < 4.78 is 0. The number of carbonyl (C=O) groups is 1. The monoisotopic (exact) mass is 290 g/mol. The van der Waals surface area contributed by atoms with Crippen LogP contribution in [-0.4, -0.2) is 17.3 Å². The van der Waals surface area contributed by atoms with Crippen molar-refractivity contribution in [1.82, 2.24) is 0 Å². The molecule has 0 radical (unpaired) electrons. The quantitative estimate of drug-likeness (QED) is 0.434. The maximum Gasteiger partial charge on any atom is 0.159 e. The van der Waals surface area contributed by atoms with Crippen LogP contribution in [0.4, 0.5) is 0 Å². The van der Waals surface area contributed by atoms with Crippen molar-refractivity contribution >= 4 is 23.6 Å². The summed E-state index contributed by atoms with van der Waals surface area (Å²) in [5.74, 6) is 2.51. The minimum absolute atomic E-state index is 0.187. The smallest absolute Gasteiger partial charge is 0.159 e. The highest BCUT2D eigenvalue weighted by Crippen LogP contribution is 2.18. The molecule has 1 nitrogen and oxygen atoms in total. The topological polar surface area (TPSA) is 17.1 Å². The predicted octanol–water partition coefficient (Wildman–Crippen LogP) is 5.22. The third kappa shape index (κ3) is 6.95. The van der Waals surface area contributed by atoms with Gasteiger partial charge >= 0.3 is 0 Å². The van der Waals surface area contributed by atoms with E-state index in [0.717, 1.165) is 29.9 Å². The molecule has 0 aliphatic rings. The molecule has 0 spiro atoms. The summed E-state index contributed by atoms with van der Waals surface area (Å²) in [6.07, 6.45) is 8.33. The molecule has 110 valence electrons. The molecule has 0 aromatic heterocycles. The molecule has 2 heteroatoms. The number of unbranched alkanes of at least 4 members (excludes halogenated alkanes) is 2. The first-order valence-electron chi connectivity index (χ1n) is 7.62. The Morgan fingerprint density at radius 2 is 1.95 bits per heavy atom. The zero-order valence-corrected chi connectivity index (χ0v) is 13.5. The predicted molar refractivity (Wildman–Crippen MR) is 91.1 cm³/mol. The summed E-state index contributed by atoms with van der Waals surface area (Å²) in [6.45, 7) is 4.35. The van der Waals surface area contributed by atoms with E-state index in [0.29, 0.717) is 0 Å². The number of allylic oxidation sites excluding steroid dienone is 1. The van der Waals surface area contributed by atoms with Crippen molar-refractivity contribution in [1.29, 1.82) is 0 Å². The van der Waals surface area contributed by atoms with Crippen LogP contribution < -0.4 is 0 Å². The molecule has 1 unspecified atom stereocenters. The minimum Gasteiger partial charge on any atom is -0.295 e. The summed E-state index contributed by atoms with van der Waals surface area (Å²) in [5, 5.41) is 0. The van der Waals surface area contributed by atoms with Gasteiger partial charge in [0.25, 0.3) is 0 Å². The van der Waals surface area contributed by atoms with Gasteiger partial charge in [-0.1, -0.05) is 69.5 Å². The maximum atomic E-state index is 12.3. The Balaban J connectivity index is 2.55. The summed E-state index contributed by atoms with van der Waals surface area (Å²) in [5.41, 5.74) is 1.09. The lowest BCUT2D eigenvalue weighted by atomic mass is 9.98. The molecule has 1 aromatic carbocycles. The lowest BCUT2D eigenvalue weighted by Gasteiger charge is -2.12. The molecule has 1 rings (SSSR count). The average molecular weight is 290 g/mol. The van der Waals surface area contributed by atoms with Crippen molar-refractivity contribution in [3.8, 4) is 0 Å². The largest absolute Gasteiger partial charge is 0.295 e. The summed E-state index contributed by atoms with van der Waals surface area (Å²) >= 11 is 1.87. The third-order valence-electron chi connectivity index (χ3n) is 3.32. The van der Waals surface area contributed by atoms with Crippen LogP contribution in [0.1, 0.15) is 45.1 Å². The first kappa shape index (κ1) is 17.0. The lowest BCUT2D eigenvalue weighted by Crippen LogP contribution is -2.15. The highest BCUT2D eigenvalue weighted by Gasteiger charge is 2.15. The van der Waals surface area contributed by atoms with Gasteiger partial charge in [-0.15, -0.1) is 0 Å². The molecule has 0 aliphatic heterocycles. The van der Waals surface area contributed by atoms with Gasteiger partial charge in [-0.2, -0.15) is 11.8 Å². The van der Waals surface area contributed by atoms with Crippen LogP contribution in [0.15, 0.2) is 36.4 Å². The van der Waals surface area contributed by atoms with E-state index in [2.05, 4.69) is 13.8 Å².